The van der Waals surface area contributed by atoms with E-state index >= 15 is 0 Å². The topological polar surface area (TPSA) is 56.8 Å². The first-order valence-corrected chi connectivity index (χ1v) is 8.32. The molecule has 0 spiro atoms. The van der Waals surface area contributed by atoms with Gasteiger partial charge in [-0.2, -0.15) is 8.78 Å². The fourth-order valence-corrected chi connectivity index (χ4v) is 3.07. The Kier molecular flexibility index (Phi) is 5.71. The zero-order chi connectivity index (χ0) is 19.4. The van der Waals surface area contributed by atoms with Crippen molar-refractivity contribution in [2.45, 2.75) is 19.1 Å². The maximum Gasteiger partial charge on any atom is 0.387 e. The van der Waals surface area contributed by atoms with Crippen LogP contribution in [0.25, 0.3) is 11.1 Å². The van der Waals surface area contributed by atoms with Gasteiger partial charge in [-0.25, -0.2) is 0 Å². The molecule has 1 amide bonds. The molecule has 2 aromatic rings. The summed E-state index contributed by atoms with van der Waals surface area (Å²) in [6.45, 7) is 0.729. The molecular weight excluding hydrogens is 356 g/mol. The van der Waals surface area contributed by atoms with E-state index in [0.29, 0.717) is 29.0 Å². The minimum Gasteiger partial charge on any atom is -0.485 e. The number of anilines is 1. The SMILES string of the molecule is C=CCC1Oc2cccc(OC(F)F)c2-c2ccc(NC(=O)COC)cc21. The molecule has 1 atom stereocenters. The molecule has 5 nitrogen and oxygen atoms in total. The maximum absolute atomic E-state index is 12.8. The van der Waals surface area contributed by atoms with Crippen molar-refractivity contribution in [3.8, 4) is 22.6 Å². The van der Waals surface area contributed by atoms with Crippen LogP contribution in [0.15, 0.2) is 49.1 Å². The first-order chi connectivity index (χ1) is 13.0. The van der Waals surface area contributed by atoms with Crippen molar-refractivity contribution in [1.82, 2.24) is 0 Å². The van der Waals surface area contributed by atoms with Crippen molar-refractivity contribution in [3.63, 3.8) is 0 Å². The van der Waals surface area contributed by atoms with E-state index in [0.717, 1.165) is 5.56 Å². The number of carbonyl (C=O) groups is 1. The molecule has 7 heteroatoms. The third-order valence-corrected chi connectivity index (χ3v) is 4.08. The van der Waals surface area contributed by atoms with Crippen LogP contribution in [0.1, 0.15) is 18.1 Å². The van der Waals surface area contributed by atoms with Crippen molar-refractivity contribution in [2.75, 3.05) is 19.0 Å². The number of ether oxygens (including phenoxy) is 3. The molecule has 1 aliphatic heterocycles. The van der Waals surface area contributed by atoms with E-state index in [1.807, 2.05) is 0 Å². The third-order valence-electron chi connectivity index (χ3n) is 4.08. The van der Waals surface area contributed by atoms with Gasteiger partial charge in [0.05, 0.1) is 5.56 Å². The van der Waals surface area contributed by atoms with Crippen molar-refractivity contribution < 1.29 is 27.8 Å². The Balaban J connectivity index is 2.06. The van der Waals surface area contributed by atoms with Gasteiger partial charge >= 0.3 is 6.61 Å². The fraction of sp³-hybridized carbons (Fsp3) is 0.250. The summed E-state index contributed by atoms with van der Waals surface area (Å²) in [5.41, 5.74) is 2.49. The Hall–Kier alpha value is -2.93. The van der Waals surface area contributed by atoms with E-state index in [2.05, 4.69) is 16.6 Å². The maximum atomic E-state index is 12.8. The molecule has 142 valence electrons. The van der Waals surface area contributed by atoms with Gasteiger partial charge in [0.25, 0.3) is 0 Å². The number of alkyl halides is 2. The Bertz CT molecular complexity index is 854. The summed E-state index contributed by atoms with van der Waals surface area (Å²) in [4.78, 5) is 11.8. The number of rotatable bonds is 7. The molecule has 0 aliphatic carbocycles. The average molecular weight is 375 g/mol. The van der Waals surface area contributed by atoms with Gasteiger partial charge in [-0.05, 0) is 29.8 Å². The first-order valence-electron chi connectivity index (χ1n) is 8.32. The quantitative estimate of drug-likeness (QED) is 0.722. The highest BCUT2D eigenvalue weighted by Gasteiger charge is 2.29. The van der Waals surface area contributed by atoms with Crippen LogP contribution >= 0.6 is 0 Å². The molecule has 2 aromatic carbocycles. The van der Waals surface area contributed by atoms with Crippen LogP contribution < -0.4 is 14.8 Å². The number of hydrogen-bond acceptors (Lipinski definition) is 4. The smallest absolute Gasteiger partial charge is 0.387 e. The second-order valence-electron chi connectivity index (χ2n) is 5.92. The molecule has 0 aromatic heterocycles. The number of methoxy groups -OCH3 is 1. The highest BCUT2D eigenvalue weighted by molar-refractivity contribution is 5.92. The number of hydrogen-bond donors (Lipinski definition) is 1. The van der Waals surface area contributed by atoms with Gasteiger partial charge in [0.15, 0.2) is 0 Å². The highest BCUT2D eigenvalue weighted by atomic mass is 19.3. The van der Waals surface area contributed by atoms with Crippen LogP contribution in [0, 0.1) is 0 Å². The minimum atomic E-state index is -2.95. The number of nitrogens with one attached hydrogen (secondary N) is 1. The van der Waals surface area contributed by atoms with Gasteiger partial charge in [0, 0.05) is 24.8 Å². The van der Waals surface area contributed by atoms with Crippen LogP contribution in [-0.2, 0) is 9.53 Å². The first kappa shape index (κ1) is 18.8. The van der Waals surface area contributed by atoms with Crippen LogP contribution in [0.2, 0.25) is 0 Å². The van der Waals surface area contributed by atoms with Gasteiger partial charge in [-0.3, -0.25) is 4.79 Å². The van der Waals surface area contributed by atoms with Crippen molar-refractivity contribution in [1.29, 1.82) is 0 Å². The monoisotopic (exact) mass is 375 g/mol. The standard InChI is InChI=1S/C20H19F2NO4/c1-3-5-15-14-10-12(23-18(24)11-25-2)8-9-13(14)19-16(26-15)6-4-7-17(19)27-20(21)22/h3-4,6-10,15,20H,1,5,11H2,2H3,(H,23,24). The Labute approximate surface area is 155 Å². The number of fused-ring (bicyclic) bond motifs is 3. The molecule has 1 N–H and O–H groups in total. The molecule has 0 fully saturated rings. The van der Waals surface area contributed by atoms with E-state index in [1.54, 1.807) is 36.4 Å². The molecule has 3 rings (SSSR count). The predicted molar refractivity (Wildman–Crippen MR) is 97.2 cm³/mol. The van der Waals surface area contributed by atoms with Crippen LogP contribution in [0.5, 0.6) is 11.5 Å². The zero-order valence-electron chi connectivity index (χ0n) is 14.7. The summed E-state index contributed by atoms with van der Waals surface area (Å²) in [5, 5.41) is 2.73. The Morgan fingerprint density at radius 3 is 2.89 bits per heavy atom. The largest absolute Gasteiger partial charge is 0.485 e. The molecule has 27 heavy (non-hydrogen) atoms. The number of carbonyl (C=O) groups excluding carboxylic acids is 1. The third kappa shape index (κ3) is 4.09. The second kappa shape index (κ2) is 8.18. The molecular formula is C20H19F2NO4. The van der Waals surface area contributed by atoms with E-state index in [-0.39, 0.29) is 24.4 Å². The molecule has 0 saturated carbocycles. The summed E-state index contributed by atoms with van der Waals surface area (Å²) in [6.07, 6.45) is 1.88. The summed E-state index contributed by atoms with van der Waals surface area (Å²) in [6, 6.07) is 10.0. The van der Waals surface area contributed by atoms with Crippen LogP contribution in [0.3, 0.4) is 0 Å². The average Bonchev–Trinajstić information content (AvgIpc) is 2.62. The van der Waals surface area contributed by atoms with E-state index in [1.165, 1.54) is 13.2 Å². The lowest BCUT2D eigenvalue weighted by Gasteiger charge is -2.30. The Morgan fingerprint density at radius 1 is 1.37 bits per heavy atom. The van der Waals surface area contributed by atoms with Crippen molar-refractivity contribution in [2.24, 2.45) is 0 Å². The zero-order valence-corrected chi connectivity index (χ0v) is 14.7. The van der Waals surface area contributed by atoms with E-state index < -0.39 is 6.61 Å². The molecule has 1 heterocycles. The predicted octanol–water partition coefficient (Wildman–Crippen LogP) is 4.55. The van der Waals surface area contributed by atoms with Gasteiger partial charge in [0.1, 0.15) is 24.2 Å². The summed E-state index contributed by atoms with van der Waals surface area (Å²) < 4.78 is 41.1. The van der Waals surface area contributed by atoms with E-state index in [4.69, 9.17) is 9.47 Å². The lowest BCUT2D eigenvalue weighted by Crippen LogP contribution is -2.19. The summed E-state index contributed by atoms with van der Waals surface area (Å²) in [7, 11) is 1.43. The van der Waals surface area contributed by atoms with Gasteiger partial charge in [-0.15, -0.1) is 6.58 Å². The molecule has 0 saturated heterocycles. The molecule has 0 radical (unpaired) electrons. The molecule has 1 unspecified atom stereocenters. The second-order valence-corrected chi connectivity index (χ2v) is 5.92. The summed E-state index contributed by atoms with van der Waals surface area (Å²) in [5.74, 6) is 0.206. The summed E-state index contributed by atoms with van der Waals surface area (Å²) >= 11 is 0. The molecule has 1 aliphatic rings. The molecule has 0 bridgehead atoms. The Morgan fingerprint density at radius 2 is 2.19 bits per heavy atom. The minimum absolute atomic E-state index is 0.0389. The van der Waals surface area contributed by atoms with Gasteiger partial charge < -0.3 is 19.5 Å². The normalized spacial score (nSPS) is 14.7. The van der Waals surface area contributed by atoms with Crippen molar-refractivity contribution >= 4 is 11.6 Å². The van der Waals surface area contributed by atoms with Crippen LogP contribution in [0.4, 0.5) is 14.5 Å². The van der Waals surface area contributed by atoms with Gasteiger partial charge in [-0.1, -0.05) is 18.2 Å². The highest BCUT2D eigenvalue weighted by Crippen LogP contribution is 2.49. The number of halogens is 2. The fourth-order valence-electron chi connectivity index (χ4n) is 3.07. The number of benzene rings is 2. The van der Waals surface area contributed by atoms with Crippen LogP contribution in [-0.4, -0.2) is 26.2 Å². The van der Waals surface area contributed by atoms with Gasteiger partial charge in [0.2, 0.25) is 5.91 Å². The lowest BCUT2D eigenvalue weighted by atomic mass is 9.90. The lowest BCUT2D eigenvalue weighted by molar-refractivity contribution is -0.119. The van der Waals surface area contributed by atoms with E-state index in [9.17, 15) is 13.6 Å². The van der Waals surface area contributed by atoms with Crippen molar-refractivity contribution in [3.05, 3.63) is 54.6 Å². The number of amides is 1.